The van der Waals surface area contributed by atoms with Crippen LogP contribution in [0.2, 0.25) is 0 Å². The van der Waals surface area contributed by atoms with Crippen LogP contribution in [0.5, 0.6) is 0 Å². The van der Waals surface area contributed by atoms with Crippen LogP contribution in [0, 0.1) is 0 Å². The van der Waals surface area contributed by atoms with Crippen LogP contribution < -0.4 is 5.43 Å². The summed E-state index contributed by atoms with van der Waals surface area (Å²) in [7, 11) is 0. The Morgan fingerprint density at radius 3 is 2.63 bits per heavy atom. The first-order valence-corrected chi connectivity index (χ1v) is 8.90. The molecule has 0 saturated carbocycles. The number of rotatable bonds is 5. The zero-order chi connectivity index (χ0) is 19.4. The fraction of sp³-hybridized carbons (Fsp3) is 0.421. The van der Waals surface area contributed by atoms with E-state index < -0.39 is 11.7 Å². The molecular formula is C19H21F3N4O. The second kappa shape index (κ2) is 7.94. The number of benzene rings is 1. The van der Waals surface area contributed by atoms with Crippen molar-refractivity contribution in [2.45, 2.75) is 51.6 Å². The highest BCUT2D eigenvalue weighted by atomic mass is 19.4. The van der Waals surface area contributed by atoms with E-state index in [1.807, 2.05) is 0 Å². The normalized spacial score (nSPS) is 14.7. The Labute approximate surface area is 155 Å². The van der Waals surface area contributed by atoms with Crippen molar-refractivity contribution in [3.63, 3.8) is 0 Å². The van der Waals surface area contributed by atoms with Crippen molar-refractivity contribution in [3.05, 3.63) is 52.3 Å². The van der Waals surface area contributed by atoms with Crippen molar-refractivity contribution < 1.29 is 18.0 Å². The molecule has 0 aliphatic heterocycles. The molecule has 2 N–H and O–H groups in total. The number of nitrogens with one attached hydrogen (secondary N) is 2. The summed E-state index contributed by atoms with van der Waals surface area (Å²) in [4.78, 5) is 12.3. The quantitative estimate of drug-likeness (QED) is 0.609. The number of amides is 1. The first kappa shape index (κ1) is 19.1. The van der Waals surface area contributed by atoms with Crippen LogP contribution in [-0.4, -0.2) is 21.8 Å². The number of nitrogens with zero attached hydrogens (tertiary/aromatic N) is 2. The Balaban J connectivity index is 1.54. The van der Waals surface area contributed by atoms with E-state index in [0.29, 0.717) is 24.2 Å². The van der Waals surface area contributed by atoms with Crippen LogP contribution in [0.1, 0.15) is 59.1 Å². The smallest absolute Gasteiger partial charge is 0.281 e. The Kier molecular flexibility index (Phi) is 5.62. The van der Waals surface area contributed by atoms with Gasteiger partial charge in [-0.15, -0.1) is 0 Å². The van der Waals surface area contributed by atoms with Crippen LogP contribution in [0.3, 0.4) is 0 Å². The van der Waals surface area contributed by atoms with E-state index in [2.05, 4.69) is 20.7 Å². The number of aromatic amines is 1. The predicted molar refractivity (Wildman–Crippen MR) is 95.6 cm³/mol. The Bertz CT molecular complexity index is 838. The largest absolute Gasteiger partial charge is 0.416 e. The standard InChI is InChI=1S/C19H21F3N4O/c1-12(6-7-13-8-10-14(11-9-13)19(20,21)22)23-26-18(27)17-15-4-2-3-5-16(15)24-25-17/h8-11H,2-7H2,1H3,(H,24,25)(H,26,27)/b23-12+. The summed E-state index contributed by atoms with van der Waals surface area (Å²) in [5.74, 6) is -0.344. The zero-order valence-corrected chi connectivity index (χ0v) is 15.0. The molecule has 1 heterocycles. The monoisotopic (exact) mass is 378 g/mol. The predicted octanol–water partition coefficient (Wildman–Crippen LogP) is 4.05. The topological polar surface area (TPSA) is 70.1 Å². The summed E-state index contributed by atoms with van der Waals surface area (Å²) >= 11 is 0. The summed E-state index contributed by atoms with van der Waals surface area (Å²) in [6, 6.07) is 5.07. The van der Waals surface area contributed by atoms with Crippen LogP contribution >= 0.6 is 0 Å². The van der Waals surface area contributed by atoms with Crippen molar-refractivity contribution in [3.8, 4) is 0 Å². The van der Waals surface area contributed by atoms with Crippen LogP contribution in [0.25, 0.3) is 0 Å². The number of H-pyrrole nitrogens is 1. The maximum atomic E-state index is 12.6. The molecule has 1 amide bonds. The van der Waals surface area contributed by atoms with Crippen molar-refractivity contribution in [2.24, 2.45) is 5.10 Å². The van der Waals surface area contributed by atoms with E-state index >= 15 is 0 Å². The second-order valence-electron chi connectivity index (χ2n) is 6.72. The van der Waals surface area contributed by atoms with Gasteiger partial charge in [-0.1, -0.05) is 12.1 Å². The lowest BCUT2D eigenvalue weighted by molar-refractivity contribution is -0.137. The molecule has 0 bridgehead atoms. The molecule has 0 saturated heterocycles. The van der Waals surface area contributed by atoms with Gasteiger partial charge in [0.2, 0.25) is 0 Å². The summed E-state index contributed by atoms with van der Waals surface area (Å²) in [5, 5.41) is 11.1. The average Bonchev–Trinajstić information content (AvgIpc) is 3.08. The molecule has 3 rings (SSSR count). The number of alkyl halides is 3. The van der Waals surface area contributed by atoms with Gasteiger partial charge in [-0.3, -0.25) is 9.89 Å². The maximum Gasteiger partial charge on any atom is 0.416 e. The van der Waals surface area contributed by atoms with Crippen molar-refractivity contribution >= 4 is 11.6 Å². The zero-order valence-electron chi connectivity index (χ0n) is 15.0. The molecule has 0 spiro atoms. The molecule has 0 radical (unpaired) electrons. The van der Waals surface area contributed by atoms with Gasteiger partial charge in [-0.25, -0.2) is 5.43 Å². The summed E-state index contributed by atoms with van der Waals surface area (Å²) in [6.07, 6.45) is 0.632. The molecular weight excluding hydrogens is 357 g/mol. The SMILES string of the molecule is C/C(CCc1ccc(C(F)(F)F)cc1)=N\NC(=O)c1n[nH]c2c1CCCC2. The number of aryl methyl sites for hydroxylation is 2. The van der Waals surface area contributed by atoms with Gasteiger partial charge >= 0.3 is 6.18 Å². The molecule has 0 atom stereocenters. The lowest BCUT2D eigenvalue weighted by atomic mass is 9.96. The van der Waals surface area contributed by atoms with Gasteiger partial charge in [0.25, 0.3) is 5.91 Å². The number of aromatic nitrogens is 2. The fourth-order valence-electron chi connectivity index (χ4n) is 3.11. The van der Waals surface area contributed by atoms with Gasteiger partial charge in [0.15, 0.2) is 5.69 Å². The number of hydrogen-bond donors (Lipinski definition) is 2. The minimum absolute atomic E-state index is 0.344. The highest BCUT2D eigenvalue weighted by Gasteiger charge is 2.29. The van der Waals surface area contributed by atoms with Crippen molar-refractivity contribution in [1.82, 2.24) is 15.6 Å². The number of hydrazone groups is 1. The number of carbonyl (C=O) groups excluding carboxylic acids is 1. The second-order valence-corrected chi connectivity index (χ2v) is 6.72. The molecule has 2 aromatic rings. The van der Waals surface area contributed by atoms with E-state index in [1.54, 1.807) is 6.92 Å². The lowest BCUT2D eigenvalue weighted by Gasteiger charge is -2.10. The summed E-state index contributed by atoms with van der Waals surface area (Å²) < 4.78 is 37.7. The Hall–Kier alpha value is -2.64. The first-order chi connectivity index (χ1) is 12.8. The van der Waals surface area contributed by atoms with Crippen LogP contribution in [0.15, 0.2) is 29.4 Å². The summed E-state index contributed by atoms with van der Waals surface area (Å²) in [5.41, 5.74) is 5.71. The molecule has 1 aliphatic rings. The average molecular weight is 378 g/mol. The van der Waals surface area contributed by atoms with Gasteiger partial charge in [-0.05, 0) is 63.1 Å². The van der Waals surface area contributed by atoms with Crippen molar-refractivity contribution in [2.75, 3.05) is 0 Å². The third-order valence-electron chi connectivity index (χ3n) is 4.68. The third-order valence-corrected chi connectivity index (χ3v) is 4.68. The molecule has 1 aromatic carbocycles. The molecule has 8 heteroatoms. The Morgan fingerprint density at radius 2 is 1.93 bits per heavy atom. The van der Waals surface area contributed by atoms with E-state index in [0.717, 1.165) is 54.6 Å². The molecule has 1 aromatic heterocycles. The number of hydrogen-bond acceptors (Lipinski definition) is 3. The van der Waals surface area contributed by atoms with Crippen LogP contribution in [0.4, 0.5) is 13.2 Å². The van der Waals surface area contributed by atoms with Crippen molar-refractivity contribution in [1.29, 1.82) is 0 Å². The fourth-order valence-corrected chi connectivity index (χ4v) is 3.11. The number of carbonyl (C=O) groups is 1. The molecule has 5 nitrogen and oxygen atoms in total. The third kappa shape index (κ3) is 4.75. The minimum Gasteiger partial charge on any atom is -0.281 e. The van der Waals surface area contributed by atoms with Crippen LogP contribution in [-0.2, 0) is 25.4 Å². The Morgan fingerprint density at radius 1 is 1.22 bits per heavy atom. The van der Waals surface area contributed by atoms with Gasteiger partial charge in [-0.2, -0.15) is 23.4 Å². The number of fused-ring (bicyclic) bond motifs is 1. The van der Waals surface area contributed by atoms with Gasteiger partial charge < -0.3 is 0 Å². The summed E-state index contributed by atoms with van der Waals surface area (Å²) in [6.45, 7) is 1.77. The van der Waals surface area contributed by atoms with E-state index in [-0.39, 0.29) is 5.91 Å². The van der Waals surface area contributed by atoms with Gasteiger partial charge in [0.1, 0.15) is 0 Å². The molecule has 1 aliphatic carbocycles. The highest BCUT2D eigenvalue weighted by molar-refractivity contribution is 5.95. The van der Waals surface area contributed by atoms with E-state index in [9.17, 15) is 18.0 Å². The minimum atomic E-state index is -4.33. The number of halogens is 3. The first-order valence-electron chi connectivity index (χ1n) is 8.90. The van der Waals surface area contributed by atoms with Gasteiger partial charge in [0.05, 0.1) is 5.56 Å². The highest BCUT2D eigenvalue weighted by Crippen LogP contribution is 2.29. The van der Waals surface area contributed by atoms with E-state index in [4.69, 9.17) is 0 Å². The molecule has 144 valence electrons. The molecule has 0 fully saturated rings. The van der Waals surface area contributed by atoms with E-state index in [1.165, 1.54) is 12.1 Å². The lowest BCUT2D eigenvalue weighted by Crippen LogP contribution is -2.21. The molecule has 0 unspecified atom stereocenters. The van der Waals surface area contributed by atoms with Gasteiger partial charge in [0, 0.05) is 17.0 Å². The maximum absolute atomic E-state index is 12.6. The molecule has 27 heavy (non-hydrogen) atoms.